The zero-order chi connectivity index (χ0) is 18.2. The minimum atomic E-state index is -4.23. The number of likely N-dealkylation sites (N-methyl/N-ethyl adjacent to an activating group) is 1. The summed E-state index contributed by atoms with van der Waals surface area (Å²) in [6.45, 7) is 1.56. The van der Waals surface area contributed by atoms with Crippen molar-refractivity contribution < 1.29 is 18.0 Å². The van der Waals surface area contributed by atoms with Crippen molar-refractivity contribution in [3.63, 3.8) is 0 Å². The molecule has 0 saturated heterocycles. The van der Waals surface area contributed by atoms with Crippen molar-refractivity contribution in [3.8, 4) is 6.07 Å². The molecule has 1 atom stereocenters. The van der Waals surface area contributed by atoms with Gasteiger partial charge in [-0.05, 0) is 19.2 Å². The zero-order valence-corrected chi connectivity index (χ0v) is 14.4. The lowest BCUT2D eigenvalue weighted by molar-refractivity contribution is -0.138. The van der Waals surface area contributed by atoms with E-state index < -0.39 is 12.6 Å². The number of hydrogen-bond donors (Lipinski definition) is 1. The molecule has 0 aliphatic heterocycles. The van der Waals surface area contributed by atoms with E-state index in [1.165, 1.54) is 23.7 Å². The Balaban J connectivity index is 2.59. The standard InChI is InChI=1S/C16H20F3N3OS/c1-12(7-9-20)24-14-6-4-3-5-13(14)21-15(23)11-22(2)10-8-16(17,18)19/h3-6,12H,7-8,10-11H2,1-2H3,(H,21,23)/t12-/m1/s1. The van der Waals surface area contributed by atoms with Crippen molar-refractivity contribution >= 4 is 23.4 Å². The summed E-state index contributed by atoms with van der Waals surface area (Å²) in [5, 5.41) is 11.5. The number of alkyl halides is 3. The Labute approximate surface area is 144 Å². The van der Waals surface area contributed by atoms with E-state index in [0.717, 1.165) is 4.90 Å². The largest absolute Gasteiger partial charge is 0.390 e. The number of nitrogens with zero attached hydrogens (tertiary/aromatic N) is 2. The third kappa shape index (κ3) is 8.22. The predicted octanol–water partition coefficient (Wildman–Crippen LogP) is 3.90. The Hall–Kier alpha value is -1.72. The van der Waals surface area contributed by atoms with Gasteiger partial charge in [0.1, 0.15) is 0 Å². The minimum Gasteiger partial charge on any atom is -0.324 e. The first-order chi connectivity index (χ1) is 11.2. The van der Waals surface area contributed by atoms with Gasteiger partial charge in [0.05, 0.1) is 24.7 Å². The lowest BCUT2D eigenvalue weighted by atomic mass is 10.3. The summed E-state index contributed by atoms with van der Waals surface area (Å²) in [6.07, 6.45) is -4.80. The average molecular weight is 359 g/mol. The molecule has 1 aromatic rings. The number of amides is 1. The molecule has 0 spiro atoms. The summed E-state index contributed by atoms with van der Waals surface area (Å²) < 4.78 is 36.6. The molecule has 0 heterocycles. The summed E-state index contributed by atoms with van der Waals surface area (Å²) in [5.41, 5.74) is 0.599. The molecule has 8 heteroatoms. The number of nitriles is 1. The fourth-order valence-electron chi connectivity index (χ4n) is 1.89. The molecular weight excluding hydrogens is 339 g/mol. The summed E-state index contributed by atoms with van der Waals surface area (Å²) in [4.78, 5) is 14.2. The van der Waals surface area contributed by atoms with Crippen LogP contribution in [0.3, 0.4) is 0 Å². The normalized spacial score (nSPS) is 12.7. The van der Waals surface area contributed by atoms with Crippen LogP contribution in [-0.4, -0.2) is 42.4 Å². The Bertz CT molecular complexity index is 587. The van der Waals surface area contributed by atoms with E-state index in [2.05, 4.69) is 11.4 Å². The third-order valence-electron chi connectivity index (χ3n) is 3.06. The second kappa shape index (κ2) is 9.55. The fourth-order valence-corrected chi connectivity index (χ4v) is 2.89. The Morgan fingerprint density at radius 1 is 1.42 bits per heavy atom. The van der Waals surface area contributed by atoms with Crippen LogP contribution in [0.1, 0.15) is 19.8 Å². The van der Waals surface area contributed by atoms with Crippen molar-refractivity contribution in [2.45, 2.75) is 36.1 Å². The van der Waals surface area contributed by atoms with Crippen LogP contribution in [0.2, 0.25) is 0 Å². The third-order valence-corrected chi connectivity index (χ3v) is 4.24. The van der Waals surface area contributed by atoms with E-state index >= 15 is 0 Å². The van der Waals surface area contributed by atoms with Gasteiger partial charge in [0.25, 0.3) is 0 Å². The Kier molecular flexibility index (Phi) is 8.08. The molecule has 1 N–H and O–H groups in total. The first kappa shape index (κ1) is 20.3. The van der Waals surface area contributed by atoms with Crippen molar-refractivity contribution in [3.05, 3.63) is 24.3 Å². The van der Waals surface area contributed by atoms with E-state index in [4.69, 9.17) is 5.26 Å². The van der Waals surface area contributed by atoms with Gasteiger partial charge < -0.3 is 5.32 Å². The number of carbonyl (C=O) groups is 1. The summed E-state index contributed by atoms with van der Waals surface area (Å²) >= 11 is 1.47. The van der Waals surface area contributed by atoms with Gasteiger partial charge in [-0.1, -0.05) is 19.1 Å². The van der Waals surface area contributed by atoms with Gasteiger partial charge in [0, 0.05) is 23.1 Å². The number of carbonyl (C=O) groups excluding carboxylic acids is 1. The lowest BCUT2D eigenvalue weighted by Crippen LogP contribution is -2.32. The van der Waals surface area contributed by atoms with Crippen LogP contribution in [0.4, 0.5) is 18.9 Å². The first-order valence-corrected chi connectivity index (χ1v) is 8.27. The second-order valence-electron chi connectivity index (χ2n) is 5.44. The van der Waals surface area contributed by atoms with Crippen LogP contribution in [0.15, 0.2) is 29.2 Å². The highest BCUT2D eigenvalue weighted by atomic mass is 32.2. The molecule has 0 radical (unpaired) electrons. The maximum atomic E-state index is 12.2. The highest BCUT2D eigenvalue weighted by Crippen LogP contribution is 2.31. The molecule has 0 bridgehead atoms. The summed E-state index contributed by atoms with van der Waals surface area (Å²) in [6, 6.07) is 9.25. The van der Waals surface area contributed by atoms with E-state index in [9.17, 15) is 18.0 Å². The predicted molar refractivity (Wildman–Crippen MR) is 88.8 cm³/mol. The molecule has 0 saturated carbocycles. The molecule has 0 aliphatic carbocycles. The van der Waals surface area contributed by atoms with Gasteiger partial charge >= 0.3 is 6.18 Å². The molecule has 0 aliphatic rings. The number of halogens is 3. The molecule has 132 valence electrons. The number of benzene rings is 1. The number of thioether (sulfide) groups is 1. The van der Waals surface area contributed by atoms with Gasteiger partial charge in [0.15, 0.2) is 0 Å². The minimum absolute atomic E-state index is 0.0718. The number of nitrogens with one attached hydrogen (secondary N) is 1. The summed E-state index contributed by atoms with van der Waals surface area (Å²) in [5.74, 6) is -0.374. The quantitative estimate of drug-likeness (QED) is 0.715. The van der Waals surface area contributed by atoms with Crippen LogP contribution in [0.25, 0.3) is 0 Å². The molecular formula is C16H20F3N3OS. The highest BCUT2D eigenvalue weighted by Gasteiger charge is 2.27. The Morgan fingerprint density at radius 3 is 2.71 bits per heavy atom. The second-order valence-corrected chi connectivity index (χ2v) is 6.92. The summed E-state index contributed by atoms with van der Waals surface area (Å²) in [7, 11) is 1.47. The molecule has 24 heavy (non-hydrogen) atoms. The van der Waals surface area contributed by atoms with Crippen LogP contribution in [0.5, 0.6) is 0 Å². The van der Waals surface area contributed by atoms with Crippen LogP contribution in [0, 0.1) is 11.3 Å². The van der Waals surface area contributed by atoms with Crippen LogP contribution >= 0.6 is 11.8 Å². The molecule has 0 unspecified atom stereocenters. The first-order valence-electron chi connectivity index (χ1n) is 7.39. The van der Waals surface area contributed by atoms with E-state index in [0.29, 0.717) is 12.1 Å². The van der Waals surface area contributed by atoms with E-state index in [1.807, 2.05) is 19.1 Å². The molecule has 4 nitrogen and oxygen atoms in total. The van der Waals surface area contributed by atoms with Crippen LogP contribution < -0.4 is 5.32 Å². The highest BCUT2D eigenvalue weighted by molar-refractivity contribution is 8.00. The van der Waals surface area contributed by atoms with Crippen molar-refractivity contribution in [2.24, 2.45) is 0 Å². The fraction of sp³-hybridized carbons (Fsp3) is 0.500. The van der Waals surface area contributed by atoms with Gasteiger partial charge in [0.2, 0.25) is 5.91 Å². The van der Waals surface area contributed by atoms with Crippen molar-refractivity contribution in [1.82, 2.24) is 4.90 Å². The van der Waals surface area contributed by atoms with Crippen molar-refractivity contribution in [2.75, 3.05) is 25.5 Å². The molecule has 1 rings (SSSR count). The molecule has 0 fully saturated rings. The van der Waals surface area contributed by atoms with E-state index in [1.54, 1.807) is 12.1 Å². The molecule has 0 aromatic heterocycles. The van der Waals surface area contributed by atoms with Gasteiger partial charge in [-0.2, -0.15) is 18.4 Å². The average Bonchev–Trinajstić information content (AvgIpc) is 2.46. The maximum Gasteiger partial charge on any atom is 0.390 e. The van der Waals surface area contributed by atoms with Gasteiger partial charge in [-0.25, -0.2) is 0 Å². The maximum absolute atomic E-state index is 12.2. The number of rotatable bonds is 8. The SMILES string of the molecule is C[C@H](CC#N)Sc1ccccc1NC(=O)CN(C)CCC(F)(F)F. The zero-order valence-electron chi connectivity index (χ0n) is 13.6. The van der Waals surface area contributed by atoms with E-state index in [-0.39, 0.29) is 24.2 Å². The lowest BCUT2D eigenvalue weighted by Gasteiger charge is -2.18. The Morgan fingerprint density at radius 2 is 2.08 bits per heavy atom. The van der Waals surface area contributed by atoms with Gasteiger partial charge in [-0.3, -0.25) is 9.69 Å². The number of hydrogen-bond acceptors (Lipinski definition) is 4. The smallest absolute Gasteiger partial charge is 0.324 e. The van der Waals surface area contributed by atoms with Crippen molar-refractivity contribution in [1.29, 1.82) is 5.26 Å². The molecule has 1 amide bonds. The number of para-hydroxylation sites is 1. The molecule has 1 aromatic carbocycles. The topological polar surface area (TPSA) is 56.1 Å². The number of anilines is 1. The van der Waals surface area contributed by atoms with Gasteiger partial charge in [-0.15, -0.1) is 11.8 Å². The monoisotopic (exact) mass is 359 g/mol. The van der Waals surface area contributed by atoms with Crippen LogP contribution in [-0.2, 0) is 4.79 Å².